The molecule has 0 amide bonds. The molecule has 0 aliphatic carbocycles. The number of aliphatic hydroxyl groups is 2. The molecule has 3 N–H and O–H groups in total. The number of aliphatic hydroxyl groups excluding tert-OH is 1. The van der Waals surface area contributed by atoms with Crippen LogP contribution in [0, 0.1) is 3.57 Å². The number of rotatable bonds is 2. The Balaban J connectivity index is 2.63. The Kier molecular flexibility index (Phi) is 3.58. The highest BCUT2D eigenvalue weighted by molar-refractivity contribution is 14.1. The summed E-state index contributed by atoms with van der Waals surface area (Å²) in [5, 5.41) is 19.3. The highest BCUT2D eigenvalue weighted by Crippen LogP contribution is 2.32. The lowest BCUT2D eigenvalue weighted by atomic mass is 10.0. The number of alkyl halides is 1. The van der Waals surface area contributed by atoms with Crippen molar-refractivity contribution in [3.8, 4) is 0 Å². The summed E-state index contributed by atoms with van der Waals surface area (Å²) in [6, 6.07) is 0. The van der Waals surface area contributed by atoms with Gasteiger partial charge in [0.2, 0.25) is 5.72 Å². The molecular weight excluding hydrogens is 362 g/mol. The number of aromatic amines is 1. The number of nitrogens with zero attached hydrogens (tertiary/aromatic N) is 1. The highest BCUT2D eigenvalue weighted by Gasteiger charge is 2.53. The van der Waals surface area contributed by atoms with Crippen LogP contribution in [0.25, 0.3) is 0 Å². The standard InChI is InChI=1S/C9H10FIN2O5/c10-5-3-18-6(2-14)9(5,17)13-1-4(11)7(15)12-8(13)16/h1,5-6,14,17H,2-3H2,(H,12,15,16)/t5-,6-,9?/m1/s1. The quantitative estimate of drug-likeness (QED) is 0.550. The van der Waals surface area contributed by atoms with Crippen LogP contribution in [0.2, 0.25) is 0 Å². The van der Waals surface area contributed by atoms with E-state index in [2.05, 4.69) is 0 Å². The summed E-state index contributed by atoms with van der Waals surface area (Å²) >= 11 is 1.65. The van der Waals surface area contributed by atoms with Crippen LogP contribution in [0.5, 0.6) is 0 Å². The van der Waals surface area contributed by atoms with Crippen molar-refractivity contribution in [3.63, 3.8) is 0 Å². The van der Waals surface area contributed by atoms with Crippen molar-refractivity contribution >= 4 is 22.6 Å². The summed E-state index contributed by atoms with van der Waals surface area (Å²) < 4.78 is 19.4. The number of hydrogen-bond acceptors (Lipinski definition) is 5. The molecule has 0 spiro atoms. The van der Waals surface area contributed by atoms with Crippen LogP contribution in [0.1, 0.15) is 0 Å². The third kappa shape index (κ3) is 1.90. The minimum Gasteiger partial charge on any atom is -0.393 e. The molecule has 1 saturated heterocycles. The molecule has 1 unspecified atom stereocenters. The number of H-pyrrole nitrogens is 1. The number of aromatic nitrogens is 2. The van der Waals surface area contributed by atoms with Crippen LogP contribution in [-0.2, 0) is 10.5 Å². The summed E-state index contributed by atoms with van der Waals surface area (Å²) in [5.74, 6) is 0. The second-order valence-electron chi connectivity index (χ2n) is 3.86. The van der Waals surface area contributed by atoms with Gasteiger partial charge in [0.25, 0.3) is 5.56 Å². The molecule has 2 rings (SSSR count). The van der Waals surface area contributed by atoms with Gasteiger partial charge in [-0.3, -0.25) is 14.3 Å². The van der Waals surface area contributed by atoms with Gasteiger partial charge in [-0.15, -0.1) is 0 Å². The Labute approximate surface area is 113 Å². The topological polar surface area (TPSA) is 105 Å². The van der Waals surface area contributed by atoms with Crippen LogP contribution in [0.3, 0.4) is 0 Å². The van der Waals surface area contributed by atoms with Gasteiger partial charge in [0, 0.05) is 6.20 Å². The van der Waals surface area contributed by atoms with Crippen molar-refractivity contribution in [1.29, 1.82) is 0 Å². The first-order valence-electron chi connectivity index (χ1n) is 5.02. The zero-order valence-electron chi connectivity index (χ0n) is 8.97. The number of halogens is 2. The first kappa shape index (κ1) is 13.6. The van der Waals surface area contributed by atoms with Crippen molar-refractivity contribution in [2.45, 2.75) is 18.0 Å². The van der Waals surface area contributed by atoms with Gasteiger partial charge in [-0.05, 0) is 22.6 Å². The number of hydrogen-bond donors (Lipinski definition) is 3. The molecule has 1 fully saturated rings. The molecule has 1 aromatic heterocycles. The molecule has 7 nitrogen and oxygen atoms in total. The maximum Gasteiger partial charge on any atom is 0.330 e. The van der Waals surface area contributed by atoms with Crippen LogP contribution in [0.15, 0.2) is 15.8 Å². The molecule has 0 aromatic carbocycles. The lowest BCUT2D eigenvalue weighted by Crippen LogP contribution is -2.55. The molecular formula is C9H10FIN2O5. The predicted octanol–water partition coefficient (Wildman–Crippen LogP) is -1.48. The van der Waals surface area contributed by atoms with E-state index in [1.165, 1.54) is 0 Å². The molecule has 3 atom stereocenters. The lowest BCUT2D eigenvalue weighted by molar-refractivity contribution is -0.137. The van der Waals surface area contributed by atoms with E-state index >= 15 is 0 Å². The predicted molar refractivity (Wildman–Crippen MR) is 66.0 cm³/mol. The first-order valence-corrected chi connectivity index (χ1v) is 6.10. The fourth-order valence-corrected chi connectivity index (χ4v) is 2.27. The third-order valence-electron chi connectivity index (χ3n) is 2.83. The molecule has 1 aliphatic rings. The van der Waals surface area contributed by atoms with Gasteiger partial charge in [0.1, 0.15) is 6.10 Å². The van der Waals surface area contributed by atoms with Crippen molar-refractivity contribution in [2.75, 3.05) is 13.2 Å². The van der Waals surface area contributed by atoms with Crippen molar-refractivity contribution in [2.24, 2.45) is 0 Å². The molecule has 9 heteroatoms. The molecule has 0 saturated carbocycles. The van der Waals surface area contributed by atoms with E-state index in [1.807, 2.05) is 4.98 Å². The average Bonchev–Trinajstić information content (AvgIpc) is 2.61. The van der Waals surface area contributed by atoms with Crippen LogP contribution in [-0.4, -0.2) is 45.3 Å². The van der Waals surface area contributed by atoms with E-state index in [0.29, 0.717) is 4.57 Å². The Hall–Kier alpha value is -0.780. The van der Waals surface area contributed by atoms with Gasteiger partial charge in [0.15, 0.2) is 6.17 Å². The largest absolute Gasteiger partial charge is 0.393 e. The van der Waals surface area contributed by atoms with E-state index in [1.54, 1.807) is 22.6 Å². The monoisotopic (exact) mass is 372 g/mol. The van der Waals surface area contributed by atoms with Gasteiger partial charge >= 0.3 is 5.69 Å². The van der Waals surface area contributed by atoms with Gasteiger partial charge in [-0.1, -0.05) is 0 Å². The summed E-state index contributed by atoms with van der Waals surface area (Å²) in [7, 11) is 0. The van der Waals surface area contributed by atoms with Gasteiger partial charge in [0.05, 0.1) is 16.8 Å². The molecule has 0 radical (unpaired) electrons. The lowest BCUT2D eigenvalue weighted by Gasteiger charge is -2.30. The minimum atomic E-state index is -2.32. The first-order chi connectivity index (χ1) is 8.41. The second kappa shape index (κ2) is 4.72. The summed E-state index contributed by atoms with van der Waals surface area (Å²) in [5.41, 5.74) is -3.92. The third-order valence-corrected chi connectivity index (χ3v) is 3.60. The molecule has 1 aromatic rings. The van der Waals surface area contributed by atoms with E-state index < -0.39 is 42.5 Å². The van der Waals surface area contributed by atoms with Crippen molar-refractivity contribution in [1.82, 2.24) is 9.55 Å². The van der Waals surface area contributed by atoms with Gasteiger partial charge in [-0.2, -0.15) is 0 Å². The Morgan fingerprint density at radius 3 is 2.94 bits per heavy atom. The smallest absolute Gasteiger partial charge is 0.330 e. The molecule has 100 valence electrons. The Morgan fingerprint density at radius 1 is 1.67 bits per heavy atom. The average molecular weight is 372 g/mol. The molecule has 2 heterocycles. The number of ether oxygens (including phenoxy) is 1. The van der Waals surface area contributed by atoms with Crippen LogP contribution < -0.4 is 11.2 Å². The second-order valence-corrected chi connectivity index (χ2v) is 5.02. The Bertz CT molecular complexity index is 573. The molecule has 1 aliphatic heterocycles. The maximum absolute atomic E-state index is 13.8. The maximum atomic E-state index is 13.8. The minimum absolute atomic E-state index is 0.108. The Morgan fingerprint density at radius 2 is 2.33 bits per heavy atom. The highest BCUT2D eigenvalue weighted by atomic mass is 127. The summed E-state index contributed by atoms with van der Waals surface area (Å²) in [6.07, 6.45) is -2.12. The van der Waals surface area contributed by atoms with Crippen LogP contribution in [0.4, 0.5) is 4.39 Å². The zero-order chi connectivity index (χ0) is 13.5. The normalized spacial score (nSPS) is 31.8. The van der Waals surface area contributed by atoms with E-state index in [4.69, 9.17) is 9.84 Å². The van der Waals surface area contributed by atoms with Crippen molar-refractivity contribution in [3.05, 3.63) is 30.6 Å². The van der Waals surface area contributed by atoms with Gasteiger partial charge in [-0.25, -0.2) is 9.18 Å². The van der Waals surface area contributed by atoms with Gasteiger partial charge < -0.3 is 14.9 Å². The van der Waals surface area contributed by atoms with E-state index in [9.17, 15) is 19.1 Å². The fraction of sp³-hybridized carbons (Fsp3) is 0.556. The summed E-state index contributed by atoms with van der Waals surface area (Å²) in [6.45, 7) is -1.09. The van der Waals surface area contributed by atoms with E-state index in [-0.39, 0.29) is 3.57 Å². The molecule has 18 heavy (non-hydrogen) atoms. The molecule has 0 bridgehead atoms. The van der Waals surface area contributed by atoms with Crippen LogP contribution >= 0.6 is 22.6 Å². The SMILES string of the molecule is O=c1[nH]c(=O)n(C2(O)[C@H](F)CO[C@@H]2CO)cc1I. The zero-order valence-corrected chi connectivity index (χ0v) is 11.1. The van der Waals surface area contributed by atoms with Crippen molar-refractivity contribution < 1.29 is 19.3 Å². The van der Waals surface area contributed by atoms with E-state index in [0.717, 1.165) is 6.20 Å². The number of nitrogens with one attached hydrogen (secondary N) is 1. The fourth-order valence-electron chi connectivity index (χ4n) is 1.85. The summed E-state index contributed by atoms with van der Waals surface area (Å²) in [4.78, 5) is 24.8.